The van der Waals surface area contributed by atoms with Crippen molar-refractivity contribution in [3.05, 3.63) is 64.6 Å². The molecule has 0 radical (unpaired) electrons. The lowest BCUT2D eigenvalue weighted by Gasteiger charge is -2.24. The van der Waals surface area contributed by atoms with E-state index in [-0.39, 0.29) is 6.04 Å². The molecule has 0 aromatic heterocycles. The van der Waals surface area contributed by atoms with Gasteiger partial charge in [0, 0.05) is 11.0 Å². The van der Waals surface area contributed by atoms with E-state index < -0.39 is 10.0 Å². The second kappa shape index (κ2) is 5.91. The molecule has 2 aromatic rings. The maximum atomic E-state index is 12.8. The molecule has 0 aliphatic carbocycles. The number of hydrogen-bond donors (Lipinski definition) is 0. The molecule has 0 amide bonds. The van der Waals surface area contributed by atoms with Crippen molar-refractivity contribution < 1.29 is 8.42 Å². The number of hydrogen-bond acceptors (Lipinski definition) is 2. The molecule has 21 heavy (non-hydrogen) atoms. The van der Waals surface area contributed by atoms with E-state index in [2.05, 4.69) is 15.9 Å². The first kappa shape index (κ1) is 14.8. The van der Waals surface area contributed by atoms with Gasteiger partial charge in [-0.05, 0) is 42.7 Å². The molecule has 1 fully saturated rings. The van der Waals surface area contributed by atoms with Gasteiger partial charge in [-0.25, -0.2) is 8.42 Å². The first-order chi connectivity index (χ1) is 10.1. The van der Waals surface area contributed by atoms with Gasteiger partial charge in [-0.15, -0.1) is 0 Å². The molecule has 1 heterocycles. The third-order valence-corrected chi connectivity index (χ3v) is 6.26. The Bertz CT molecular complexity index is 714. The van der Waals surface area contributed by atoms with Crippen LogP contribution in [0.5, 0.6) is 0 Å². The Morgan fingerprint density at radius 3 is 2.33 bits per heavy atom. The summed E-state index contributed by atoms with van der Waals surface area (Å²) in [5.41, 5.74) is 1.07. The van der Waals surface area contributed by atoms with Gasteiger partial charge in [0.2, 0.25) is 10.0 Å². The highest BCUT2D eigenvalue weighted by atomic mass is 79.9. The van der Waals surface area contributed by atoms with Crippen molar-refractivity contribution >= 4 is 26.0 Å². The highest BCUT2D eigenvalue weighted by Gasteiger charge is 2.35. The van der Waals surface area contributed by atoms with Crippen molar-refractivity contribution in [3.8, 4) is 0 Å². The Morgan fingerprint density at radius 1 is 1.00 bits per heavy atom. The van der Waals surface area contributed by atoms with Crippen LogP contribution in [0.3, 0.4) is 0 Å². The fraction of sp³-hybridized carbons (Fsp3) is 0.250. The summed E-state index contributed by atoms with van der Waals surface area (Å²) in [6.45, 7) is 0.581. The summed E-state index contributed by atoms with van der Waals surface area (Å²) >= 11 is 3.34. The van der Waals surface area contributed by atoms with Gasteiger partial charge in [-0.2, -0.15) is 4.31 Å². The van der Waals surface area contributed by atoms with E-state index in [0.29, 0.717) is 11.4 Å². The van der Waals surface area contributed by atoms with Crippen molar-refractivity contribution in [3.63, 3.8) is 0 Å². The zero-order chi connectivity index (χ0) is 14.9. The molecule has 3 rings (SSSR count). The molecule has 1 atom stereocenters. The number of nitrogens with zero attached hydrogens (tertiary/aromatic N) is 1. The fourth-order valence-electron chi connectivity index (χ4n) is 2.78. The molecule has 5 heteroatoms. The summed E-state index contributed by atoms with van der Waals surface area (Å²) in [7, 11) is -3.44. The molecule has 0 unspecified atom stereocenters. The number of rotatable bonds is 3. The Hall–Kier alpha value is -1.17. The molecule has 1 saturated heterocycles. The van der Waals surface area contributed by atoms with Crippen LogP contribution in [0.25, 0.3) is 0 Å². The van der Waals surface area contributed by atoms with Crippen molar-refractivity contribution in [1.29, 1.82) is 0 Å². The first-order valence-corrected chi connectivity index (χ1v) is 9.15. The second-order valence-corrected chi connectivity index (χ2v) is 7.94. The average Bonchev–Trinajstić information content (AvgIpc) is 2.99. The summed E-state index contributed by atoms with van der Waals surface area (Å²) in [4.78, 5) is 0.355. The molecule has 110 valence electrons. The summed E-state index contributed by atoms with van der Waals surface area (Å²) in [6.07, 6.45) is 1.77. The minimum Gasteiger partial charge on any atom is -0.207 e. The predicted octanol–water partition coefficient (Wildman–Crippen LogP) is 3.97. The van der Waals surface area contributed by atoms with Crippen LogP contribution in [0.15, 0.2) is 64.0 Å². The lowest BCUT2D eigenvalue weighted by molar-refractivity contribution is 0.396. The van der Waals surface area contributed by atoms with E-state index in [1.165, 1.54) is 0 Å². The van der Waals surface area contributed by atoms with E-state index >= 15 is 0 Å². The number of halogens is 1. The molecule has 0 spiro atoms. The van der Waals surface area contributed by atoms with E-state index in [0.717, 1.165) is 22.9 Å². The number of sulfonamides is 1. The van der Waals surface area contributed by atoms with Crippen LogP contribution in [-0.2, 0) is 10.0 Å². The van der Waals surface area contributed by atoms with Crippen LogP contribution in [-0.4, -0.2) is 19.3 Å². The van der Waals surface area contributed by atoms with Crippen molar-refractivity contribution in [1.82, 2.24) is 4.31 Å². The normalized spacial score (nSPS) is 19.8. The van der Waals surface area contributed by atoms with Gasteiger partial charge in [-0.3, -0.25) is 0 Å². The van der Waals surface area contributed by atoms with Crippen molar-refractivity contribution in [2.24, 2.45) is 0 Å². The largest absolute Gasteiger partial charge is 0.243 e. The van der Waals surface area contributed by atoms with Crippen LogP contribution >= 0.6 is 15.9 Å². The zero-order valence-electron chi connectivity index (χ0n) is 11.4. The lowest BCUT2D eigenvalue weighted by atomic mass is 10.1. The maximum absolute atomic E-state index is 12.8. The topological polar surface area (TPSA) is 37.4 Å². The highest BCUT2D eigenvalue weighted by molar-refractivity contribution is 9.10. The Morgan fingerprint density at radius 2 is 1.67 bits per heavy atom. The van der Waals surface area contributed by atoms with Crippen LogP contribution in [0.2, 0.25) is 0 Å². The molecule has 0 saturated carbocycles. The van der Waals surface area contributed by atoms with Crippen LogP contribution < -0.4 is 0 Å². The quantitative estimate of drug-likeness (QED) is 0.824. The van der Waals surface area contributed by atoms with Crippen LogP contribution in [0.1, 0.15) is 24.4 Å². The van der Waals surface area contributed by atoms with Gasteiger partial charge in [-0.1, -0.05) is 46.3 Å². The number of benzene rings is 2. The second-order valence-electron chi connectivity index (χ2n) is 5.14. The molecular weight excluding hydrogens is 350 g/mol. The molecule has 3 nitrogen and oxygen atoms in total. The van der Waals surface area contributed by atoms with Gasteiger partial charge in [0.25, 0.3) is 0 Å². The Labute approximate surface area is 133 Å². The van der Waals surface area contributed by atoms with E-state index in [9.17, 15) is 8.42 Å². The highest BCUT2D eigenvalue weighted by Crippen LogP contribution is 2.36. The first-order valence-electron chi connectivity index (χ1n) is 6.91. The molecule has 0 N–H and O–H groups in total. The molecule has 1 aliphatic heterocycles. The van der Waals surface area contributed by atoms with Gasteiger partial charge >= 0.3 is 0 Å². The fourth-order valence-corrected chi connectivity index (χ4v) is 4.72. The molecule has 2 aromatic carbocycles. The van der Waals surface area contributed by atoms with Gasteiger partial charge in [0.15, 0.2) is 0 Å². The smallest absolute Gasteiger partial charge is 0.207 e. The minimum atomic E-state index is -3.44. The van der Waals surface area contributed by atoms with Crippen molar-refractivity contribution in [2.45, 2.75) is 23.8 Å². The Kier molecular flexibility index (Phi) is 4.15. The third kappa shape index (κ3) is 2.91. The predicted molar refractivity (Wildman–Crippen MR) is 86.5 cm³/mol. The average molecular weight is 366 g/mol. The van der Waals surface area contributed by atoms with Gasteiger partial charge in [0.1, 0.15) is 0 Å². The zero-order valence-corrected chi connectivity index (χ0v) is 13.8. The minimum absolute atomic E-state index is 0.0557. The summed E-state index contributed by atoms with van der Waals surface area (Å²) in [6, 6.07) is 16.6. The van der Waals surface area contributed by atoms with Gasteiger partial charge in [0.05, 0.1) is 10.9 Å². The van der Waals surface area contributed by atoms with Crippen LogP contribution in [0.4, 0.5) is 0 Å². The summed E-state index contributed by atoms with van der Waals surface area (Å²) in [5, 5.41) is 0. The van der Waals surface area contributed by atoms with Crippen molar-refractivity contribution in [2.75, 3.05) is 6.54 Å². The summed E-state index contributed by atoms with van der Waals surface area (Å²) < 4.78 is 28.2. The van der Waals surface area contributed by atoms with E-state index in [1.807, 2.05) is 30.3 Å². The molecular formula is C16H16BrNO2S. The molecule has 1 aliphatic rings. The summed E-state index contributed by atoms with van der Waals surface area (Å²) in [5.74, 6) is 0. The Balaban J connectivity index is 1.96. The standard InChI is InChI=1S/C16H16BrNO2S/c17-14-8-10-15(11-9-14)21(19,20)18-12-4-7-16(18)13-5-2-1-3-6-13/h1-3,5-6,8-11,16H,4,7,12H2/t16-/m1/s1. The third-order valence-electron chi connectivity index (χ3n) is 3.81. The SMILES string of the molecule is O=S(=O)(c1ccc(Br)cc1)N1CCC[C@@H]1c1ccccc1. The lowest BCUT2D eigenvalue weighted by Crippen LogP contribution is -2.30. The van der Waals surface area contributed by atoms with Crippen LogP contribution in [0, 0.1) is 0 Å². The van der Waals surface area contributed by atoms with E-state index in [4.69, 9.17) is 0 Å². The van der Waals surface area contributed by atoms with E-state index in [1.54, 1.807) is 28.6 Å². The molecule has 0 bridgehead atoms. The maximum Gasteiger partial charge on any atom is 0.243 e. The monoisotopic (exact) mass is 365 g/mol. The van der Waals surface area contributed by atoms with Gasteiger partial charge < -0.3 is 0 Å².